The number of hydrogen-bond acceptors (Lipinski definition) is 5. The van der Waals surface area contributed by atoms with Gasteiger partial charge in [-0.2, -0.15) is 0 Å². The predicted molar refractivity (Wildman–Crippen MR) is 101 cm³/mol. The Morgan fingerprint density at radius 1 is 1.08 bits per heavy atom. The van der Waals surface area contributed by atoms with E-state index in [2.05, 4.69) is 5.32 Å². The van der Waals surface area contributed by atoms with Gasteiger partial charge in [-0.25, -0.2) is 8.42 Å². The molecule has 0 heterocycles. The lowest BCUT2D eigenvalue weighted by molar-refractivity contribution is 0.0955. The molecule has 8 heteroatoms. The molecular weight excluding hydrogens is 356 g/mol. The van der Waals surface area contributed by atoms with Gasteiger partial charge in [0, 0.05) is 18.2 Å². The average molecular weight is 378 g/mol. The molecule has 0 atom stereocenters. The van der Waals surface area contributed by atoms with Crippen LogP contribution in [0.25, 0.3) is 0 Å². The van der Waals surface area contributed by atoms with Crippen molar-refractivity contribution in [2.24, 2.45) is 0 Å². The van der Waals surface area contributed by atoms with Crippen LogP contribution >= 0.6 is 0 Å². The number of rotatable bonds is 8. The lowest BCUT2D eigenvalue weighted by atomic mass is 10.2. The molecule has 0 spiro atoms. The fourth-order valence-corrected chi connectivity index (χ4v) is 3.35. The van der Waals surface area contributed by atoms with Crippen LogP contribution in [-0.2, 0) is 10.0 Å². The summed E-state index contributed by atoms with van der Waals surface area (Å²) in [5.74, 6) is 0.654. The minimum absolute atomic E-state index is 0.0695. The maximum absolute atomic E-state index is 12.2. The van der Waals surface area contributed by atoms with Gasteiger partial charge in [-0.05, 0) is 24.3 Å². The van der Waals surface area contributed by atoms with Crippen LogP contribution in [-0.4, -0.2) is 47.9 Å². The molecule has 0 bridgehead atoms. The van der Waals surface area contributed by atoms with Crippen molar-refractivity contribution in [1.82, 2.24) is 5.32 Å². The molecule has 2 aromatic rings. The van der Waals surface area contributed by atoms with E-state index < -0.39 is 10.0 Å². The first-order valence-corrected chi connectivity index (χ1v) is 9.74. The van der Waals surface area contributed by atoms with Crippen LogP contribution in [0.1, 0.15) is 10.4 Å². The largest absolute Gasteiger partial charge is 0.497 e. The zero-order valence-corrected chi connectivity index (χ0v) is 15.7. The lowest BCUT2D eigenvalue weighted by Crippen LogP contribution is -2.38. The molecule has 7 nitrogen and oxygen atoms in total. The topological polar surface area (TPSA) is 84.9 Å². The van der Waals surface area contributed by atoms with Gasteiger partial charge in [-0.1, -0.05) is 18.2 Å². The van der Waals surface area contributed by atoms with Crippen LogP contribution in [0, 0.1) is 0 Å². The number of anilines is 1. The smallest absolute Gasteiger partial charge is 0.251 e. The summed E-state index contributed by atoms with van der Waals surface area (Å²) in [4.78, 5) is 12.1. The molecule has 0 aliphatic heterocycles. The molecule has 2 aromatic carbocycles. The zero-order valence-electron chi connectivity index (χ0n) is 14.9. The summed E-state index contributed by atoms with van der Waals surface area (Å²) in [6.45, 7) is 0.218. The van der Waals surface area contributed by atoms with Crippen LogP contribution in [0.3, 0.4) is 0 Å². The third-order valence-corrected chi connectivity index (χ3v) is 4.87. The number of methoxy groups -OCH3 is 2. The molecule has 26 heavy (non-hydrogen) atoms. The number of nitrogens with one attached hydrogen (secondary N) is 1. The minimum atomic E-state index is -3.57. The van der Waals surface area contributed by atoms with Crippen LogP contribution in [0.2, 0.25) is 0 Å². The number of amides is 1. The van der Waals surface area contributed by atoms with Crippen LogP contribution < -0.4 is 19.1 Å². The van der Waals surface area contributed by atoms with Crippen LogP contribution in [0.5, 0.6) is 11.5 Å². The first kappa shape index (κ1) is 19.6. The Hall–Kier alpha value is -2.74. The van der Waals surface area contributed by atoms with E-state index in [4.69, 9.17) is 9.47 Å². The highest BCUT2D eigenvalue weighted by atomic mass is 32.2. The lowest BCUT2D eigenvalue weighted by Gasteiger charge is -2.24. The van der Waals surface area contributed by atoms with Gasteiger partial charge in [0.25, 0.3) is 5.91 Å². The molecule has 1 amide bonds. The number of carbonyl (C=O) groups excluding carboxylic acids is 1. The van der Waals surface area contributed by atoms with Crippen molar-refractivity contribution in [2.75, 3.05) is 37.9 Å². The molecule has 140 valence electrons. The van der Waals surface area contributed by atoms with Gasteiger partial charge < -0.3 is 14.8 Å². The molecule has 1 N–H and O–H groups in total. The maximum atomic E-state index is 12.2. The highest BCUT2D eigenvalue weighted by Crippen LogP contribution is 2.33. The number of nitrogens with zero attached hydrogens (tertiary/aromatic N) is 1. The van der Waals surface area contributed by atoms with Gasteiger partial charge in [-0.3, -0.25) is 9.10 Å². The van der Waals surface area contributed by atoms with Crippen molar-refractivity contribution in [3.8, 4) is 11.5 Å². The van der Waals surface area contributed by atoms with Crippen molar-refractivity contribution < 1.29 is 22.7 Å². The molecule has 0 saturated carbocycles. The van der Waals surface area contributed by atoms with E-state index >= 15 is 0 Å². The standard InChI is InChI=1S/C18H22N2O5S/c1-24-15-9-10-16(17(13-15)25-2)20(26(3,22)23)12-11-19-18(21)14-7-5-4-6-8-14/h4-10,13H,11-12H2,1-3H3,(H,19,21). The SMILES string of the molecule is COc1ccc(N(CCNC(=O)c2ccccc2)S(C)(=O)=O)c(OC)c1. The molecule has 0 fully saturated rings. The van der Waals surface area contributed by atoms with Gasteiger partial charge in [0.2, 0.25) is 10.0 Å². The van der Waals surface area contributed by atoms with Gasteiger partial charge >= 0.3 is 0 Å². The van der Waals surface area contributed by atoms with Crippen molar-refractivity contribution in [1.29, 1.82) is 0 Å². The van der Waals surface area contributed by atoms with Gasteiger partial charge in [-0.15, -0.1) is 0 Å². The molecule has 0 aliphatic carbocycles. The maximum Gasteiger partial charge on any atom is 0.251 e. The number of hydrogen-bond donors (Lipinski definition) is 1. The molecule has 0 unspecified atom stereocenters. The molecule has 2 rings (SSSR count). The summed E-state index contributed by atoms with van der Waals surface area (Å²) in [7, 11) is -0.601. The first-order chi connectivity index (χ1) is 12.4. The zero-order chi connectivity index (χ0) is 19.2. The third kappa shape index (κ3) is 4.89. The van der Waals surface area contributed by atoms with Crippen molar-refractivity contribution in [2.45, 2.75) is 0 Å². The van der Waals surface area contributed by atoms with E-state index in [0.717, 1.165) is 6.26 Å². The molecule has 0 aliphatic rings. The Bertz CT molecular complexity index is 853. The fraction of sp³-hybridized carbons (Fsp3) is 0.278. The summed E-state index contributed by atoms with van der Waals surface area (Å²) in [6, 6.07) is 13.6. The Morgan fingerprint density at radius 3 is 2.35 bits per heavy atom. The Morgan fingerprint density at radius 2 is 1.77 bits per heavy atom. The molecule has 0 radical (unpaired) electrons. The van der Waals surface area contributed by atoms with E-state index in [1.807, 2.05) is 6.07 Å². The summed E-state index contributed by atoms with van der Waals surface area (Å²) in [5.41, 5.74) is 0.894. The van der Waals surface area contributed by atoms with E-state index in [0.29, 0.717) is 22.7 Å². The predicted octanol–water partition coefficient (Wildman–Crippen LogP) is 1.90. The van der Waals surface area contributed by atoms with Crippen molar-refractivity contribution in [3.05, 3.63) is 54.1 Å². The number of benzene rings is 2. The quantitative estimate of drug-likeness (QED) is 0.758. The highest BCUT2D eigenvalue weighted by Gasteiger charge is 2.21. The van der Waals surface area contributed by atoms with Crippen LogP contribution in [0.4, 0.5) is 5.69 Å². The molecule has 0 aromatic heterocycles. The summed E-state index contributed by atoms with van der Waals surface area (Å²) >= 11 is 0. The van der Waals surface area contributed by atoms with E-state index in [1.165, 1.54) is 18.5 Å². The first-order valence-electron chi connectivity index (χ1n) is 7.90. The second-order valence-electron chi connectivity index (χ2n) is 5.49. The number of ether oxygens (including phenoxy) is 2. The van der Waals surface area contributed by atoms with Gasteiger partial charge in [0.05, 0.1) is 32.7 Å². The minimum Gasteiger partial charge on any atom is -0.497 e. The van der Waals surface area contributed by atoms with Gasteiger partial charge in [0.1, 0.15) is 11.5 Å². The van der Waals surface area contributed by atoms with E-state index in [9.17, 15) is 13.2 Å². The number of sulfonamides is 1. The van der Waals surface area contributed by atoms with Gasteiger partial charge in [0.15, 0.2) is 0 Å². The Balaban J connectivity index is 2.15. The summed E-state index contributed by atoms with van der Waals surface area (Å²) in [5, 5.41) is 2.72. The van der Waals surface area contributed by atoms with Crippen molar-refractivity contribution >= 4 is 21.6 Å². The second-order valence-corrected chi connectivity index (χ2v) is 7.40. The Labute approximate surface area is 153 Å². The van der Waals surface area contributed by atoms with Crippen LogP contribution in [0.15, 0.2) is 48.5 Å². The third-order valence-electron chi connectivity index (χ3n) is 3.69. The van der Waals surface area contributed by atoms with E-state index in [-0.39, 0.29) is 19.0 Å². The fourth-order valence-electron chi connectivity index (χ4n) is 2.42. The number of carbonyl (C=O) groups is 1. The van der Waals surface area contributed by atoms with E-state index in [1.54, 1.807) is 42.5 Å². The normalized spacial score (nSPS) is 10.9. The summed E-state index contributed by atoms with van der Waals surface area (Å²) < 4.78 is 36.1. The average Bonchev–Trinajstić information content (AvgIpc) is 2.64. The molecular formula is C18H22N2O5S. The second kappa shape index (κ2) is 8.57. The highest BCUT2D eigenvalue weighted by molar-refractivity contribution is 7.92. The Kier molecular flexibility index (Phi) is 6.46. The van der Waals surface area contributed by atoms with Crippen molar-refractivity contribution in [3.63, 3.8) is 0 Å². The molecule has 0 saturated heterocycles. The monoisotopic (exact) mass is 378 g/mol. The summed E-state index contributed by atoms with van der Waals surface area (Å²) in [6.07, 6.45) is 1.11.